The molecule has 1 aromatic heterocycles. The van der Waals surface area contributed by atoms with E-state index >= 15 is 0 Å². The van der Waals surface area contributed by atoms with Crippen LogP contribution in [0.1, 0.15) is 33.4 Å². The summed E-state index contributed by atoms with van der Waals surface area (Å²) >= 11 is 0. The van der Waals surface area contributed by atoms with Gasteiger partial charge in [-0.05, 0) is 59.7 Å². The Morgan fingerprint density at radius 3 is 1.71 bits per heavy atom. The number of H-pyrrole nitrogens is 1. The summed E-state index contributed by atoms with van der Waals surface area (Å²) < 4.78 is 2.49. The Morgan fingerprint density at radius 2 is 1.12 bits per heavy atom. The van der Waals surface area contributed by atoms with Gasteiger partial charge in [-0.3, -0.25) is 4.98 Å². The van der Waals surface area contributed by atoms with Crippen LogP contribution in [0, 0.1) is 41.5 Å². The molecule has 0 saturated heterocycles. The summed E-state index contributed by atoms with van der Waals surface area (Å²) in [7, 11) is 0. The molecule has 6 rings (SSSR count). The van der Waals surface area contributed by atoms with E-state index < -0.39 is 6.15 Å². The molecule has 1 aliphatic heterocycles. The highest BCUT2D eigenvalue weighted by molar-refractivity contribution is 7.20. The zero-order valence-corrected chi connectivity index (χ0v) is 21.0. The number of hydrogen-bond acceptors (Lipinski definition) is 0. The van der Waals surface area contributed by atoms with Gasteiger partial charge in [0, 0.05) is 0 Å². The first kappa shape index (κ1) is 21.0. The van der Waals surface area contributed by atoms with Crippen molar-refractivity contribution in [1.29, 1.82) is 0 Å². The standard InChI is InChI=1S/C31H30BN2/c1-19-15-21(3)29(22(4)16-19)32(30-23(5)17-20(2)18-24(30)6)25-11-7-9-13-27(25)34-28-14-10-8-12-26(28)33-31(32)34/h7-18H,1-6H3/q-1/p+1. The maximum Gasteiger partial charge on any atom is 0.206 e. The molecule has 2 heterocycles. The first-order valence-electron chi connectivity index (χ1n) is 12.3. The number of para-hydroxylation sites is 3. The molecule has 4 aromatic carbocycles. The Kier molecular flexibility index (Phi) is 4.45. The molecular formula is C31H31BN2. The highest BCUT2D eigenvalue weighted by Crippen LogP contribution is 2.24. The topological polar surface area (TPSA) is 19.7 Å². The summed E-state index contributed by atoms with van der Waals surface area (Å²) in [5, 5.41) is 0. The minimum absolute atomic E-state index is 1.18. The van der Waals surface area contributed by atoms with Gasteiger partial charge >= 0.3 is 0 Å². The number of aromatic amines is 1. The Bertz CT molecular complexity index is 1520. The molecule has 0 aliphatic carbocycles. The van der Waals surface area contributed by atoms with Crippen molar-refractivity contribution in [2.45, 2.75) is 41.5 Å². The third-order valence-corrected chi connectivity index (χ3v) is 8.05. The van der Waals surface area contributed by atoms with Crippen molar-refractivity contribution in [3.05, 3.63) is 106 Å². The van der Waals surface area contributed by atoms with E-state index in [4.69, 9.17) is 0 Å². The molecule has 0 fully saturated rings. The van der Waals surface area contributed by atoms with Gasteiger partial charge < -0.3 is 0 Å². The Morgan fingerprint density at radius 1 is 0.618 bits per heavy atom. The van der Waals surface area contributed by atoms with Gasteiger partial charge in [0.25, 0.3) is 0 Å². The smallest absolute Gasteiger partial charge is 0.206 e. The maximum absolute atomic E-state index is 3.94. The molecule has 168 valence electrons. The zero-order chi connectivity index (χ0) is 23.8. The van der Waals surface area contributed by atoms with Crippen LogP contribution in [0.15, 0.2) is 72.8 Å². The number of rotatable bonds is 2. The summed E-state index contributed by atoms with van der Waals surface area (Å²) in [6, 6.07) is 27.2. The van der Waals surface area contributed by atoms with E-state index in [-0.39, 0.29) is 0 Å². The third kappa shape index (κ3) is 2.61. The molecule has 1 N–H and O–H groups in total. The van der Waals surface area contributed by atoms with Gasteiger partial charge in [-0.2, -0.15) is 10.9 Å². The minimum atomic E-state index is -1.42. The lowest BCUT2D eigenvalue weighted by Crippen LogP contribution is -2.77. The molecular weight excluding hydrogens is 411 g/mol. The monoisotopic (exact) mass is 442 g/mol. The van der Waals surface area contributed by atoms with Crippen LogP contribution in [0.3, 0.4) is 0 Å². The van der Waals surface area contributed by atoms with E-state index in [0.717, 1.165) is 0 Å². The van der Waals surface area contributed by atoms with E-state index in [1.807, 2.05) is 0 Å². The van der Waals surface area contributed by atoms with Crippen molar-refractivity contribution in [3.63, 3.8) is 0 Å². The van der Waals surface area contributed by atoms with Crippen LogP contribution in [-0.2, 0) is 0 Å². The number of benzene rings is 4. The van der Waals surface area contributed by atoms with Gasteiger partial charge in [-0.15, -0.1) is 5.46 Å². The van der Waals surface area contributed by atoms with Crippen LogP contribution in [0.25, 0.3) is 16.7 Å². The second-order valence-electron chi connectivity index (χ2n) is 10.4. The van der Waals surface area contributed by atoms with Crippen molar-refractivity contribution in [1.82, 2.24) is 4.98 Å². The summed E-state index contributed by atoms with van der Waals surface area (Å²) in [5.74, 6) is 0. The molecule has 0 atom stereocenters. The highest BCUT2D eigenvalue weighted by atomic mass is 15.1. The lowest BCUT2D eigenvalue weighted by molar-refractivity contribution is -0.543. The number of nitrogens with one attached hydrogen (secondary N) is 1. The molecule has 5 aromatic rings. The second kappa shape index (κ2) is 7.20. The van der Waals surface area contributed by atoms with Gasteiger partial charge in [-0.25, -0.2) is 4.57 Å². The Hall–Kier alpha value is -3.59. The molecule has 0 bridgehead atoms. The van der Waals surface area contributed by atoms with Crippen LogP contribution >= 0.6 is 0 Å². The summed E-state index contributed by atoms with van der Waals surface area (Å²) in [5.41, 5.74) is 17.4. The fraction of sp³-hybridized carbons (Fsp3) is 0.194. The third-order valence-electron chi connectivity index (χ3n) is 8.05. The van der Waals surface area contributed by atoms with E-state index in [1.54, 1.807) is 0 Å². The zero-order valence-electron chi connectivity index (χ0n) is 21.0. The fourth-order valence-corrected chi connectivity index (χ4v) is 7.34. The summed E-state index contributed by atoms with van der Waals surface area (Å²) in [4.78, 5) is 3.94. The summed E-state index contributed by atoms with van der Waals surface area (Å²) in [6.07, 6.45) is -1.42. The van der Waals surface area contributed by atoms with E-state index in [2.05, 4.69) is 124 Å². The van der Waals surface area contributed by atoms with Gasteiger partial charge in [0.2, 0.25) is 6.15 Å². The van der Waals surface area contributed by atoms with E-state index in [0.29, 0.717) is 0 Å². The summed E-state index contributed by atoms with van der Waals surface area (Å²) in [6.45, 7) is 13.6. The van der Waals surface area contributed by atoms with Crippen LogP contribution < -0.4 is 26.7 Å². The van der Waals surface area contributed by atoms with Gasteiger partial charge in [-0.1, -0.05) is 88.0 Å². The number of hydrogen-bond donors (Lipinski definition) is 1. The van der Waals surface area contributed by atoms with Crippen molar-refractivity contribution in [2.75, 3.05) is 0 Å². The maximum atomic E-state index is 3.94. The Labute approximate surface area is 202 Å². The molecule has 34 heavy (non-hydrogen) atoms. The first-order valence-corrected chi connectivity index (χ1v) is 12.3. The molecule has 0 spiro atoms. The predicted octanol–water partition coefficient (Wildman–Crippen LogP) is 3.99. The van der Waals surface area contributed by atoms with Crippen molar-refractivity contribution < 1.29 is 4.57 Å². The Balaban J connectivity index is 1.91. The lowest BCUT2D eigenvalue weighted by Gasteiger charge is -2.40. The van der Waals surface area contributed by atoms with Crippen LogP contribution in [0.5, 0.6) is 0 Å². The number of imidazole rings is 1. The average Bonchev–Trinajstić information content (AvgIpc) is 3.27. The van der Waals surface area contributed by atoms with Crippen LogP contribution in [0.4, 0.5) is 0 Å². The van der Waals surface area contributed by atoms with Crippen LogP contribution in [-0.4, -0.2) is 11.1 Å². The fourth-order valence-electron chi connectivity index (χ4n) is 7.34. The molecule has 1 aliphatic rings. The molecule has 0 amide bonds. The van der Waals surface area contributed by atoms with Crippen molar-refractivity contribution in [2.24, 2.45) is 0 Å². The lowest BCUT2D eigenvalue weighted by atomic mass is 9.14. The van der Waals surface area contributed by atoms with Crippen molar-refractivity contribution in [3.8, 4) is 5.69 Å². The van der Waals surface area contributed by atoms with Gasteiger partial charge in [0.05, 0.1) is 11.4 Å². The van der Waals surface area contributed by atoms with Gasteiger partial charge in [0.15, 0.2) is 11.0 Å². The number of aromatic nitrogens is 2. The molecule has 0 unspecified atom stereocenters. The highest BCUT2D eigenvalue weighted by Gasteiger charge is 2.50. The second-order valence-corrected chi connectivity index (χ2v) is 10.4. The van der Waals surface area contributed by atoms with Gasteiger partial charge in [0.1, 0.15) is 0 Å². The van der Waals surface area contributed by atoms with E-state index in [9.17, 15) is 0 Å². The average molecular weight is 442 g/mol. The van der Waals surface area contributed by atoms with Crippen molar-refractivity contribution >= 4 is 39.3 Å². The quantitative estimate of drug-likeness (QED) is 0.309. The molecule has 0 saturated carbocycles. The molecule has 0 radical (unpaired) electrons. The normalized spacial score (nSPS) is 13.8. The van der Waals surface area contributed by atoms with Crippen LogP contribution in [0.2, 0.25) is 0 Å². The number of aryl methyl sites for hydroxylation is 6. The molecule has 3 heteroatoms. The largest absolute Gasteiger partial charge is 0.276 e. The first-order chi connectivity index (χ1) is 16.3. The SMILES string of the molecule is Cc1cc(C)c([B-]2(c3c(C)cc(C)cc3C)c3ccccc3-[n+]3c2[nH]c2ccccc23)c(C)c1. The number of fused-ring (bicyclic) bond motifs is 5. The minimum Gasteiger partial charge on any atom is -0.276 e. The predicted molar refractivity (Wildman–Crippen MR) is 145 cm³/mol. The molecule has 2 nitrogen and oxygen atoms in total. The van der Waals surface area contributed by atoms with E-state index in [1.165, 1.54) is 72.2 Å². The number of nitrogens with zero attached hydrogens (tertiary/aromatic N) is 1.